The molecule has 3 N–H and O–H groups in total. The number of hydrogen-bond acceptors (Lipinski definition) is 9. The molecule has 0 fully saturated rings. The van der Waals surface area contributed by atoms with Crippen LogP contribution in [0.15, 0.2) is 60.8 Å². The molecule has 1 spiro atoms. The lowest BCUT2D eigenvalue weighted by molar-refractivity contribution is 0.0226. The molecule has 0 amide bonds. The molecule has 4 aromatic rings. The topological polar surface area (TPSA) is 127 Å². The van der Waals surface area contributed by atoms with Crippen LogP contribution in [0.5, 0.6) is 23.0 Å². The number of carbonyl (C=O) groups is 1. The first kappa shape index (κ1) is 19.3. The summed E-state index contributed by atoms with van der Waals surface area (Å²) in [5, 5.41) is 34.9. The standard InChI is InChI=1S/C23H13ClN4O5/c24-16-10-25-28-27-21(16)26-17-7-12(30)9-19-20(17)23(15-6-5-11(29)8-18(15)32-19)14-4-2-1-3-13(14)22(31)33-23/h1-10,29-30H,(H,25,26,27). The molecule has 0 aliphatic carbocycles. The number of anilines is 2. The number of halogens is 1. The van der Waals surface area contributed by atoms with Crippen molar-refractivity contribution in [3.8, 4) is 23.0 Å². The van der Waals surface area contributed by atoms with Crippen LogP contribution in [0.4, 0.5) is 11.5 Å². The first-order valence-corrected chi connectivity index (χ1v) is 10.2. The van der Waals surface area contributed by atoms with Gasteiger partial charge < -0.3 is 25.0 Å². The van der Waals surface area contributed by atoms with Crippen molar-refractivity contribution in [2.75, 3.05) is 5.32 Å². The fraction of sp³-hybridized carbons (Fsp3) is 0.0435. The van der Waals surface area contributed by atoms with Gasteiger partial charge in [-0.15, -0.1) is 10.2 Å². The van der Waals surface area contributed by atoms with Gasteiger partial charge in [0.2, 0.25) is 0 Å². The fourth-order valence-electron chi connectivity index (χ4n) is 4.35. The van der Waals surface area contributed by atoms with E-state index in [-0.39, 0.29) is 33.8 Å². The van der Waals surface area contributed by atoms with Gasteiger partial charge in [0.15, 0.2) is 11.4 Å². The van der Waals surface area contributed by atoms with E-state index < -0.39 is 11.6 Å². The zero-order chi connectivity index (χ0) is 22.7. The number of benzene rings is 3. The number of phenols is 2. The van der Waals surface area contributed by atoms with Gasteiger partial charge in [-0.1, -0.05) is 29.8 Å². The number of carbonyl (C=O) groups excluding carboxylic acids is 1. The van der Waals surface area contributed by atoms with Crippen molar-refractivity contribution in [1.82, 2.24) is 15.4 Å². The Bertz CT molecular complexity index is 1480. The van der Waals surface area contributed by atoms with Gasteiger partial charge >= 0.3 is 5.97 Å². The monoisotopic (exact) mass is 460 g/mol. The van der Waals surface area contributed by atoms with E-state index in [1.807, 2.05) is 0 Å². The summed E-state index contributed by atoms with van der Waals surface area (Å²) in [6, 6.07) is 14.4. The summed E-state index contributed by atoms with van der Waals surface area (Å²) in [7, 11) is 0. The SMILES string of the molecule is O=C1OC2(c3ccc(O)cc3Oc3cc(O)cc(Nc4nnncc4Cl)c32)c2ccccc21. The maximum absolute atomic E-state index is 13.0. The summed E-state index contributed by atoms with van der Waals surface area (Å²) in [5.41, 5.74) is 0.818. The molecule has 0 saturated carbocycles. The van der Waals surface area contributed by atoms with Gasteiger partial charge in [0, 0.05) is 29.3 Å². The van der Waals surface area contributed by atoms with Crippen LogP contribution in [0.1, 0.15) is 27.0 Å². The molecule has 2 aliphatic rings. The van der Waals surface area contributed by atoms with E-state index in [1.54, 1.807) is 30.3 Å². The van der Waals surface area contributed by atoms with E-state index in [1.165, 1.54) is 30.5 Å². The number of esters is 1. The molecule has 0 radical (unpaired) electrons. The summed E-state index contributed by atoms with van der Waals surface area (Å²) in [5.74, 6) is 0.0264. The van der Waals surface area contributed by atoms with E-state index in [4.69, 9.17) is 21.1 Å². The highest BCUT2D eigenvalue weighted by Crippen LogP contribution is 2.59. The van der Waals surface area contributed by atoms with Crippen LogP contribution in [-0.2, 0) is 10.3 Å². The van der Waals surface area contributed by atoms with Gasteiger partial charge in [-0.3, -0.25) is 0 Å². The third kappa shape index (κ3) is 2.72. The summed E-state index contributed by atoms with van der Waals surface area (Å²) >= 11 is 6.22. The molecule has 3 aromatic carbocycles. The number of phenolic OH excluding ortho intramolecular Hbond substituents is 2. The molecule has 6 rings (SSSR count). The second kappa shape index (κ2) is 6.81. The average Bonchev–Trinajstić information content (AvgIpc) is 3.08. The number of ether oxygens (including phenoxy) is 2. The van der Waals surface area contributed by atoms with Crippen LogP contribution >= 0.6 is 11.6 Å². The second-order valence-electron chi connectivity index (χ2n) is 7.52. The van der Waals surface area contributed by atoms with Gasteiger partial charge in [-0.25, -0.2) is 4.79 Å². The van der Waals surface area contributed by atoms with Crippen LogP contribution in [-0.4, -0.2) is 31.6 Å². The minimum atomic E-state index is -1.42. The van der Waals surface area contributed by atoms with Crippen molar-refractivity contribution in [2.45, 2.75) is 5.60 Å². The second-order valence-corrected chi connectivity index (χ2v) is 7.93. The average molecular weight is 461 g/mol. The van der Waals surface area contributed by atoms with Crippen molar-refractivity contribution in [3.05, 3.63) is 88.1 Å². The largest absolute Gasteiger partial charge is 0.508 e. The smallest absolute Gasteiger partial charge is 0.340 e. The summed E-state index contributed by atoms with van der Waals surface area (Å²) in [4.78, 5) is 13.0. The Kier molecular flexibility index (Phi) is 3.99. The van der Waals surface area contributed by atoms with Gasteiger partial charge in [0.05, 0.1) is 23.0 Å². The number of fused-ring (bicyclic) bond motifs is 6. The highest BCUT2D eigenvalue weighted by Gasteiger charge is 2.55. The molecular formula is C23H13ClN4O5. The maximum Gasteiger partial charge on any atom is 0.340 e. The normalized spacial score (nSPS) is 17.5. The summed E-state index contributed by atoms with van der Waals surface area (Å²) < 4.78 is 12.2. The predicted molar refractivity (Wildman–Crippen MR) is 116 cm³/mol. The molecule has 33 heavy (non-hydrogen) atoms. The maximum atomic E-state index is 13.0. The number of aromatic nitrogens is 3. The van der Waals surface area contributed by atoms with Crippen molar-refractivity contribution in [2.24, 2.45) is 0 Å². The van der Waals surface area contributed by atoms with Crippen molar-refractivity contribution in [1.29, 1.82) is 0 Å². The highest BCUT2D eigenvalue weighted by molar-refractivity contribution is 6.32. The van der Waals surface area contributed by atoms with Crippen LogP contribution in [0, 0.1) is 0 Å². The third-order valence-electron chi connectivity index (χ3n) is 5.62. The van der Waals surface area contributed by atoms with Crippen LogP contribution in [0.25, 0.3) is 0 Å². The number of aromatic hydroxyl groups is 2. The number of nitrogens with one attached hydrogen (secondary N) is 1. The molecule has 10 heteroatoms. The third-order valence-corrected chi connectivity index (χ3v) is 5.90. The lowest BCUT2D eigenvalue weighted by atomic mass is 9.77. The molecular weight excluding hydrogens is 448 g/mol. The Hall–Kier alpha value is -4.37. The molecule has 162 valence electrons. The van der Waals surface area contributed by atoms with Crippen molar-refractivity contribution in [3.63, 3.8) is 0 Å². The molecule has 1 aromatic heterocycles. The van der Waals surface area contributed by atoms with Gasteiger partial charge in [-0.05, 0) is 23.4 Å². The number of hydrogen-bond donors (Lipinski definition) is 3. The zero-order valence-electron chi connectivity index (χ0n) is 16.6. The Morgan fingerprint density at radius 3 is 2.64 bits per heavy atom. The molecule has 3 heterocycles. The Morgan fingerprint density at radius 2 is 1.79 bits per heavy atom. The highest BCUT2D eigenvalue weighted by atomic mass is 35.5. The summed E-state index contributed by atoms with van der Waals surface area (Å²) in [6.45, 7) is 0. The van der Waals surface area contributed by atoms with Crippen LogP contribution in [0.2, 0.25) is 5.02 Å². The molecule has 1 unspecified atom stereocenters. The lowest BCUT2D eigenvalue weighted by Crippen LogP contribution is -2.33. The van der Waals surface area contributed by atoms with Crippen LogP contribution in [0.3, 0.4) is 0 Å². The number of nitrogens with zero attached hydrogens (tertiary/aromatic N) is 3. The quantitative estimate of drug-likeness (QED) is 0.376. The van der Waals surface area contributed by atoms with Gasteiger partial charge in [0.25, 0.3) is 0 Å². The fourth-order valence-corrected chi connectivity index (χ4v) is 4.48. The zero-order valence-corrected chi connectivity index (χ0v) is 17.4. The molecule has 0 saturated heterocycles. The number of rotatable bonds is 2. The molecule has 9 nitrogen and oxygen atoms in total. The van der Waals surface area contributed by atoms with Crippen molar-refractivity contribution >= 4 is 29.1 Å². The van der Waals surface area contributed by atoms with E-state index in [9.17, 15) is 15.0 Å². The minimum absolute atomic E-state index is 0.0256. The molecule has 2 aliphatic heterocycles. The first-order chi connectivity index (χ1) is 16.0. The first-order valence-electron chi connectivity index (χ1n) is 9.80. The Labute approximate surface area is 191 Å². The summed E-state index contributed by atoms with van der Waals surface area (Å²) in [6.07, 6.45) is 1.32. The Balaban J connectivity index is 1.69. The van der Waals surface area contributed by atoms with E-state index in [0.29, 0.717) is 27.9 Å². The Morgan fingerprint density at radius 1 is 0.970 bits per heavy atom. The van der Waals surface area contributed by atoms with E-state index >= 15 is 0 Å². The van der Waals surface area contributed by atoms with Gasteiger partial charge in [-0.2, -0.15) is 0 Å². The molecule has 0 bridgehead atoms. The lowest BCUT2D eigenvalue weighted by Gasteiger charge is -2.37. The van der Waals surface area contributed by atoms with Crippen LogP contribution < -0.4 is 10.1 Å². The van der Waals surface area contributed by atoms with E-state index in [0.717, 1.165) is 0 Å². The minimum Gasteiger partial charge on any atom is -0.508 e. The van der Waals surface area contributed by atoms with E-state index in [2.05, 4.69) is 20.7 Å². The van der Waals surface area contributed by atoms with Crippen molar-refractivity contribution < 1.29 is 24.5 Å². The van der Waals surface area contributed by atoms with Gasteiger partial charge in [0.1, 0.15) is 28.0 Å². The predicted octanol–water partition coefficient (Wildman–Crippen LogP) is 4.25. The molecule has 1 atom stereocenters.